The molecule has 1 unspecified atom stereocenters. The van der Waals surface area contributed by atoms with Gasteiger partial charge in [0, 0.05) is 17.9 Å². The van der Waals surface area contributed by atoms with Crippen LogP contribution in [0.5, 0.6) is 0 Å². The molecule has 2 aromatic rings. The van der Waals surface area contributed by atoms with Gasteiger partial charge in [-0.05, 0) is 40.6 Å². The van der Waals surface area contributed by atoms with Crippen LogP contribution in [-0.4, -0.2) is 11.7 Å². The van der Waals surface area contributed by atoms with Gasteiger partial charge in [0.1, 0.15) is 0 Å². The number of thiophene rings is 1. The Morgan fingerprint density at radius 2 is 2.05 bits per heavy atom. The summed E-state index contributed by atoms with van der Waals surface area (Å²) < 4.78 is 38.1. The molecule has 0 bridgehead atoms. The molecule has 0 aliphatic heterocycles. The Morgan fingerprint density at radius 1 is 1.30 bits per heavy atom. The van der Waals surface area contributed by atoms with Crippen LogP contribution < -0.4 is 11.1 Å². The summed E-state index contributed by atoms with van der Waals surface area (Å²) in [6.07, 6.45) is -5.26. The molecule has 1 aromatic heterocycles. The van der Waals surface area contributed by atoms with Crippen molar-refractivity contribution in [3.8, 4) is 0 Å². The molecule has 0 amide bonds. The van der Waals surface area contributed by atoms with Crippen LogP contribution in [0.4, 0.5) is 24.5 Å². The Balaban J connectivity index is 2.07. The third-order valence-electron chi connectivity index (χ3n) is 2.79. The number of hydrogen-bond donors (Lipinski definition) is 3. The summed E-state index contributed by atoms with van der Waals surface area (Å²) in [7, 11) is 0. The van der Waals surface area contributed by atoms with E-state index in [1.807, 2.05) is 5.38 Å². The fourth-order valence-corrected chi connectivity index (χ4v) is 2.42. The summed E-state index contributed by atoms with van der Waals surface area (Å²) in [5, 5.41) is 16.2. The van der Waals surface area contributed by atoms with Crippen LogP contribution in [0, 0.1) is 0 Å². The minimum atomic E-state index is -4.49. The highest BCUT2D eigenvalue weighted by molar-refractivity contribution is 7.07. The number of alkyl halides is 3. The smallest absolute Gasteiger partial charge is 0.398 e. The Labute approximate surface area is 117 Å². The van der Waals surface area contributed by atoms with Crippen molar-refractivity contribution in [3.63, 3.8) is 0 Å². The van der Waals surface area contributed by atoms with Crippen LogP contribution in [0.3, 0.4) is 0 Å². The fraction of sp³-hybridized carbons (Fsp3) is 0.231. The zero-order valence-electron chi connectivity index (χ0n) is 10.3. The average molecular weight is 302 g/mol. The highest BCUT2D eigenvalue weighted by atomic mass is 32.1. The quantitative estimate of drug-likeness (QED) is 0.758. The van der Waals surface area contributed by atoms with E-state index in [4.69, 9.17) is 5.73 Å². The minimum Gasteiger partial charge on any atom is -0.398 e. The molecule has 0 saturated heterocycles. The van der Waals surface area contributed by atoms with E-state index < -0.39 is 17.8 Å². The van der Waals surface area contributed by atoms with Crippen molar-refractivity contribution in [3.05, 3.63) is 46.2 Å². The molecule has 0 radical (unpaired) electrons. The van der Waals surface area contributed by atoms with E-state index in [0.717, 1.165) is 11.6 Å². The standard InChI is InChI=1S/C13H13F3N2OS/c14-13(15,16)10-5-9(1-2-11(10)17)18-6-12(19)8-3-4-20-7-8/h1-5,7,12,18-19H,6,17H2. The van der Waals surface area contributed by atoms with Crippen molar-refractivity contribution in [2.45, 2.75) is 12.3 Å². The average Bonchev–Trinajstić information content (AvgIpc) is 2.90. The van der Waals surface area contributed by atoms with Gasteiger partial charge < -0.3 is 16.2 Å². The van der Waals surface area contributed by atoms with E-state index in [2.05, 4.69) is 5.32 Å². The Hall–Kier alpha value is -1.73. The summed E-state index contributed by atoms with van der Waals surface area (Å²) in [5.41, 5.74) is 5.11. The lowest BCUT2D eigenvalue weighted by Crippen LogP contribution is -2.13. The van der Waals surface area contributed by atoms with Gasteiger partial charge in [-0.2, -0.15) is 24.5 Å². The van der Waals surface area contributed by atoms with E-state index in [-0.39, 0.29) is 17.9 Å². The number of nitrogens with two attached hydrogens (primary N) is 1. The maximum atomic E-state index is 12.7. The zero-order valence-corrected chi connectivity index (χ0v) is 11.1. The predicted molar refractivity (Wildman–Crippen MR) is 73.6 cm³/mol. The number of aliphatic hydroxyl groups excluding tert-OH is 1. The van der Waals surface area contributed by atoms with Gasteiger partial charge in [-0.25, -0.2) is 0 Å². The molecule has 0 spiro atoms. The number of nitrogen functional groups attached to an aromatic ring is 1. The monoisotopic (exact) mass is 302 g/mol. The molecule has 3 nitrogen and oxygen atoms in total. The predicted octanol–water partition coefficient (Wildman–Crippen LogP) is 3.49. The number of aliphatic hydroxyl groups is 1. The van der Waals surface area contributed by atoms with E-state index >= 15 is 0 Å². The summed E-state index contributed by atoms with van der Waals surface area (Å²) in [6.45, 7) is 0.123. The number of nitrogens with one attached hydrogen (secondary N) is 1. The summed E-state index contributed by atoms with van der Waals surface area (Å²) in [5.74, 6) is 0. The van der Waals surface area contributed by atoms with Gasteiger partial charge in [-0.3, -0.25) is 0 Å². The van der Waals surface area contributed by atoms with Gasteiger partial charge >= 0.3 is 6.18 Å². The van der Waals surface area contributed by atoms with Crippen molar-refractivity contribution in [2.24, 2.45) is 0 Å². The molecule has 0 aliphatic rings. The van der Waals surface area contributed by atoms with E-state index in [0.29, 0.717) is 0 Å². The fourth-order valence-electron chi connectivity index (χ4n) is 1.71. The lowest BCUT2D eigenvalue weighted by atomic mass is 10.1. The molecule has 0 fully saturated rings. The molecule has 2 rings (SSSR count). The van der Waals surface area contributed by atoms with E-state index in [1.54, 1.807) is 11.4 Å². The molecule has 1 atom stereocenters. The van der Waals surface area contributed by atoms with E-state index in [1.165, 1.54) is 23.5 Å². The second-order valence-corrected chi connectivity index (χ2v) is 5.03. The Morgan fingerprint density at radius 3 is 2.65 bits per heavy atom. The Kier molecular flexibility index (Phi) is 4.20. The highest BCUT2D eigenvalue weighted by Crippen LogP contribution is 2.35. The van der Waals surface area contributed by atoms with Crippen molar-refractivity contribution in [1.82, 2.24) is 0 Å². The van der Waals surface area contributed by atoms with Crippen LogP contribution in [0.2, 0.25) is 0 Å². The van der Waals surface area contributed by atoms with Crippen molar-refractivity contribution in [1.29, 1.82) is 0 Å². The number of anilines is 2. The van der Waals surface area contributed by atoms with Crippen LogP contribution >= 0.6 is 11.3 Å². The third kappa shape index (κ3) is 3.43. The maximum Gasteiger partial charge on any atom is 0.418 e. The molecular weight excluding hydrogens is 289 g/mol. The highest BCUT2D eigenvalue weighted by Gasteiger charge is 2.33. The second-order valence-electron chi connectivity index (χ2n) is 4.25. The van der Waals surface area contributed by atoms with Crippen LogP contribution in [0.1, 0.15) is 17.2 Å². The maximum absolute atomic E-state index is 12.7. The lowest BCUT2D eigenvalue weighted by molar-refractivity contribution is -0.136. The molecule has 7 heteroatoms. The minimum absolute atomic E-state index is 0.123. The van der Waals surface area contributed by atoms with Crippen LogP contribution in [0.15, 0.2) is 35.0 Å². The van der Waals surface area contributed by atoms with Gasteiger partial charge in [0.2, 0.25) is 0 Å². The van der Waals surface area contributed by atoms with Gasteiger partial charge in [-0.1, -0.05) is 0 Å². The van der Waals surface area contributed by atoms with Gasteiger partial charge in [-0.15, -0.1) is 0 Å². The molecule has 20 heavy (non-hydrogen) atoms. The third-order valence-corrected chi connectivity index (χ3v) is 3.49. The Bertz CT molecular complexity index is 569. The normalized spacial score (nSPS) is 13.2. The molecule has 4 N–H and O–H groups in total. The molecule has 108 valence electrons. The first-order valence-corrected chi connectivity index (χ1v) is 6.73. The molecular formula is C13H13F3N2OS. The molecule has 0 saturated carbocycles. The summed E-state index contributed by atoms with van der Waals surface area (Å²) in [6, 6.07) is 5.35. The molecule has 1 heterocycles. The van der Waals surface area contributed by atoms with Crippen LogP contribution in [0.25, 0.3) is 0 Å². The molecule has 0 aliphatic carbocycles. The van der Waals surface area contributed by atoms with Crippen molar-refractivity contribution < 1.29 is 18.3 Å². The first-order chi connectivity index (χ1) is 9.38. The first-order valence-electron chi connectivity index (χ1n) is 5.78. The SMILES string of the molecule is Nc1ccc(NCC(O)c2ccsc2)cc1C(F)(F)F. The lowest BCUT2D eigenvalue weighted by Gasteiger charge is -2.15. The van der Waals surface area contributed by atoms with Gasteiger partial charge in [0.05, 0.1) is 11.7 Å². The summed E-state index contributed by atoms with van der Waals surface area (Å²) in [4.78, 5) is 0. The topological polar surface area (TPSA) is 58.3 Å². The van der Waals surface area contributed by atoms with Gasteiger partial charge in [0.25, 0.3) is 0 Å². The van der Waals surface area contributed by atoms with E-state index in [9.17, 15) is 18.3 Å². The van der Waals surface area contributed by atoms with Crippen molar-refractivity contribution in [2.75, 3.05) is 17.6 Å². The van der Waals surface area contributed by atoms with Crippen LogP contribution in [-0.2, 0) is 6.18 Å². The van der Waals surface area contributed by atoms with Gasteiger partial charge in [0.15, 0.2) is 0 Å². The second kappa shape index (κ2) is 5.72. The number of halogens is 3. The number of hydrogen-bond acceptors (Lipinski definition) is 4. The van der Waals surface area contributed by atoms with Crippen molar-refractivity contribution >= 4 is 22.7 Å². The summed E-state index contributed by atoms with van der Waals surface area (Å²) >= 11 is 1.44. The number of benzene rings is 1. The first kappa shape index (κ1) is 14.7. The largest absolute Gasteiger partial charge is 0.418 e. The molecule has 1 aromatic carbocycles. The zero-order chi connectivity index (χ0) is 14.8. The number of rotatable bonds is 4.